The molecule has 2 aromatic heterocycles. The maximum absolute atomic E-state index is 14.3. The second kappa shape index (κ2) is 14.1. The van der Waals surface area contributed by atoms with Gasteiger partial charge in [0.1, 0.15) is 18.2 Å². The molecule has 2 N–H and O–H groups in total. The van der Waals surface area contributed by atoms with Crippen molar-refractivity contribution in [2.24, 2.45) is 10.9 Å². The molecule has 1 fully saturated rings. The first kappa shape index (κ1) is 32.2. The fourth-order valence-corrected chi connectivity index (χ4v) is 5.27. The van der Waals surface area contributed by atoms with E-state index in [1.165, 1.54) is 4.57 Å². The third-order valence-electron chi connectivity index (χ3n) is 7.45. The quantitative estimate of drug-likeness (QED) is 0.206. The van der Waals surface area contributed by atoms with Gasteiger partial charge >= 0.3 is 0 Å². The number of pyridine rings is 2. The molecular weight excluding hydrogens is 562 g/mol. The maximum Gasteiger partial charge on any atom is 0.260 e. The molecule has 0 radical (unpaired) electrons. The highest BCUT2D eigenvalue weighted by atomic mass is 35.5. The van der Waals surface area contributed by atoms with Crippen molar-refractivity contribution in [1.82, 2.24) is 14.9 Å². The van der Waals surface area contributed by atoms with Crippen LogP contribution in [-0.4, -0.2) is 46.1 Å². The van der Waals surface area contributed by atoms with Crippen molar-refractivity contribution in [3.63, 3.8) is 0 Å². The Kier molecular flexibility index (Phi) is 10.6. The van der Waals surface area contributed by atoms with Crippen molar-refractivity contribution in [2.45, 2.75) is 72.0 Å². The van der Waals surface area contributed by atoms with Crippen LogP contribution < -0.4 is 16.2 Å². The highest BCUT2D eigenvalue weighted by molar-refractivity contribution is 6.33. The lowest BCUT2D eigenvalue weighted by Crippen LogP contribution is -2.44. The number of ether oxygens (including phenoxy) is 1. The highest BCUT2D eigenvalue weighted by Gasteiger charge is 2.23. The number of amides is 1. The molecule has 1 saturated heterocycles. The number of aliphatic imine (C=N–C) groups is 1. The van der Waals surface area contributed by atoms with E-state index in [0.717, 1.165) is 36.2 Å². The van der Waals surface area contributed by atoms with Crippen molar-refractivity contribution in [3.8, 4) is 22.3 Å². The molecule has 43 heavy (non-hydrogen) atoms. The van der Waals surface area contributed by atoms with Crippen LogP contribution in [0.4, 0.5) is 5.82 Å². The lowest BCUT2D eigenvalue weighted by molar-refractivity contribution is -0.123. The Hall–Kier alpha value is -3.75. The van der Waals surface area contributed by atoms with Crippen LogP contribution in [-0.2, 0) is 16.1 Å². The summed E-state index contributed by atoms with van der Waals surface area (Å²) in [6.45, 7) is 15.1. The molecular formula is C34H42ClN5O3. The van der Waals surface area contributed by atoms with Crippen LogP contribution in [0, 0.1) is 5.92 Å². The number of nitrogens with zero attached hydrogens (tertiary/aromatic N) is 3. The predicted octanol–water partition coefficient (Wildman–Crippen LogP) is 6.82. The topological polar surface area (TPSA) is 97.6 Å². The summed E-state index contributed by atoms with van der Waals surface area (Å²) < 4.78 is 7.00. The minimum atomic E-state index is -0.467. The van der Waals surface area contributed by atoms with Crippen molar-refractivity contribution in [2.75, 3.05) is 18.5 Å². The van der Waals surface area contributed by atoms with Gasteiger partial charge in [0.05, 0.1) is 6.04 Å². The van der Waals surface area contributed by atoms with E-state index >= 15 is 0 Å². The molecule has 1 amide bonds. The molecule has 3 heterocycles. The zero-order valence-electron chi connectivity index (χ0n) is 25.7. The summed E-state index contributed by atoms with van der Waals surface area (Å²) in [6.07, 6.45) is 7.69. The first-order chi connectivity index (χ1) is 20.5. The van der Waals surface area contributed by atoms with Crippen LogP contribution in [0.2, 0.25) is 5.02 Å². The summed E-state index contributed by atoms with van der Waals surface area (Å²) in [5, 5.41) is 6.88. The lowest BCUT2D eigenvalue weighted by atomic mass is 10.00. The van der Waals surface area contributed by atoms with E-state index in [1.807, 2.05) is 51.1 Å². The average Bonchev–Trinajstić information content (AvgIpc) is 2.98. The Morgan fingerprint density at radius 1 is 1.21 bits per heavy atom. The van der Waals surface area contributed by atoms with Gasteiger partial charge in [-0.1, -0.05) is 56.3 Å². The predicted molar refractivity (Wildman–Crippen MR) is 177 cm³/mol. The molecule has 1 aliphatic heterocycles. The SMILES string of the molecule is C=Cc1cc(-c2ccc(-c3cccnc3)cc2Cl)c(=O)n(CC(=O)NC(C)(C)C)c1NC(=NC1CCOCC1)C(C)CC. The smallest absolute Gasteiger partial charge is 0.260 e. The largest absolute Gasteiger partial charge is 0.381 e. The summed E-state index contributed by atoms with van der Waals surface area (Å²) in [5.74, 6) is 1.06. The number of carbonyl (C=O) groups excluding carboxylic acids is 1. The van der Waals surface area contributed by atoms with Gasteiger partial charge in [-0.25, -0.2) is 0 Å². The number of carbonyl (C=O) groups is 1. The Morgan fingerprint density at radius 2 is 1.95 bits per heavy atom. The summed E-state index contributed by atoms with van der Waals surface area (Å²) in [5.41, 5.74) is 2.59. The molecule has 0 aliphatic carbocycles. The van der Waals surface area contributed by atoms with Gasteiger partial charge in [-0.05, 0) is 63.8 Å². The number of hydrogen-bond acceptors (Lipinski definition) is 5. The summed E-state index contributed by atoms with van der Waals surface area (Å²) >= 11 is 6.80. The maximum atomic E-state index is 14.3. The van der Waals surface area contributed by atoms with Crippen LogP contribution in [0.15, 0.2) is 65.2 Å². The van der Waals surface area contributed by atoms with Gasteiger partial charge in [0, 0.05) is 64.3 Å². The zero-order chi connectivity index (χ0) is 31.1. The van der Waals surface area contributed by atoms with Crippen LogP contribution >= 0.6 is 11.6 Å². The standard InChI is InChI=1S/C34H42ClN5O3/c1-7-22(3)31(37-26-13-16-43-17-14-26)38-32-23(8-2)18-28(33(42)40(32)21-30(41)39-34(4,5)6)27-12-11-24(19-29(27)35)25-10-9-15-36-20-25/h8-12,15,18-20,22,26H,2,7,13-14,16-17,21H2,1,3-6H3,(H,37,38)(H,39,41). The number of rotatable bonds is 9. The van der Waals surface area contributed by atoms with Gasteiger partial charge in [-0.15, -0.1) is 0 Å². The molecule has 0 spiro atoms. The number of benzene rings is 1. The number of hydrogen-bond donors (Lipinski definition) is 2. The molecule has 1 aromatic carbocycles. The van der Waals surface area contributed by atoms with E-state index in [1.54, 1.807) is 24.5 Å². The summed E-state index contributed by atoms with van der Waals surface area (Å²) in [7, 11) is 0. The van der Waals surface area contributed by atoms with Crippen LogP contribution in [0.3, 0.4) is 0 Å². The Bertz CT molecular complexity index is 1540. The van der Waals surface area contributed by atoms with Gasteiger partial charge in [-0.3, -0.25) is 24.1 Å². The molecule has 0 saturated carbocycles. The fourth-order valence-electron chi connectivity index (χ4n) is 4.98. The van der Waals surface area contributed by atoms with E-state index in [0.29, 0.717) is 40.7 Å². The van der Waals surface area contributed by atoms with E-state index in [2.05, 4.69) is 36.0 Å². The third-order valence-corrected chi connectivity index (χ3v) is 7.76. The number of nitrogens with one attached hydrogen (secondary N) is 2. The Balaban J connectivity index is 1.85. The Labute approximate surface area is 259 Å². The number of halogens is 1. The normalized spacial score (nSPS) is 15.2. The minimum absolute atomic E-state index is 0.0987. The summed E-state index contributed by atoms with van der Waals surface area (Å²) in [4.78, 5) is 36.8. The van der Waals surface area contributed by atoms with Gasteiger partial charge in [-0.2, -0.15) is 0 Å². The van der Waals surface area contributed by atoms with Gasteiger partial charge in [0.25, 0.3) is 5.56 Å². The Morgan fingerprint density at radius 3 is 2.56 bits per heavy atom. The van der Waals surface area contributed by atoms with Crippen molar-refractivity contribution in [3.05, 3.63) is 76.3 Å². The van der Waals surface area contributed by atoms with Crippen molar-refractivity contribution < 1.29 is 9.53 Å². The van der Waals surface area contributed by atoms with E-state index < -0.39 is 5.54 Å². The number of amidine groups is 1. The highest BCUT2D eigenvalue weighted by Crippen LogP contribution is 2.33. The van der Waals surface area contributed by atoms with Gasteiger partial charge in [0.2, 0.25) is 5.91 Å². The monoisotopic (exact) mass is 603 g/mol. The molecule has 1 aliphatic rings. The molecule has 1 unspecified atom stereocenters. The molecule has 3 aromatic rings. The van der Waals surface area contributed by atoms with Gasteiger partial charge in [0.15, 0.2) is 0 Å². The minimum Gasteiger partial charge on any atom is -0.381 e. The molecule has 228 valence electrons. The second-order valence-corrected chi connectivity index (χ2v) is 12.4. The second-order valence-electron chi connectivity index (χ2n) is 12.0. The summed E-state index contributed by atoms with van der Waals surface area (Å²) in [6, 6.07) is 11.3. The number of aromatic nitrogens is 2. The van der Waals surface area contributed by atoms with Crippen LogP contribution in [0.1, 0.15) is 59.4 Å². The lowest BCUT2D eigenvalue weighted by Gasteiger charge is -2.26. The van der Waals surface area contributed by atoms with Crippen molar-refractivity contribution in [1.29, 1.82) is 0 Å². The molecule has 0 bridgehead atoms. The van der Waals surface area contributed by atoms with Crippen LogP contribution in [0.25, 0.3) is 28.3 Å². The van der Waals surface area contributed by atoms with E-state index in [-0.39, 0.29) is 30.0 Å². The van der Waals surface area contributed by atoms with E-state index in [9.17, 15) is 9.59 Å². The molecule has 9 heteroatoms. The van der Waals surface area contributed by atoms with Gasteiger partial charge < -0.3 is 15.4 Å². The molecule has 8 nitrogen and oxygen atoms in total. The fraction of sp³-hybridized carbons (Fsp3) is 0.412. The van der Waals surface area contributed by atoms with E-state index in [4.69, 9.17) is 21.3 Å². The van der Waals surface area contributed by atoms with Crippen molar-refractivity contribution >= 4 is 35.2 Å². The zero-order valence-corrected chi connectivity index (χ0v) is 26.5. The molecule has 1 atom stereocenters. The first-order valence-electron chi connectivity index (χ1n) is 14.8. The number of anilines is 1. The third kappa shape index (κ3) is 8.21. The average molecular weight is 604 g/mol. The first-order valence-corrected chi connectivity index (χ1v) is 15.2. The van der Waals surface area contributed by atoms with Crippen LogP contribution in [0.5, 0.6) is 0 Å². The molecule has 4 rings (SSSR count).